The van der Waals surface area contributed by atoms with Crippen LogP contribution >= 0.6 is 0 Å². The summed E-state index contributed by atoms with van der Waals surface area (Å²) < 4.78 is 0. The van der Waals surface area contributed by atoms with E-state index in [1.165, 1.54) is 19.1 Å². The molecule has 0 aliphatic rings. The third kappa shape index (κ3) is 10.3. The third-order valence-corrected chi connectivity index (χ3v) is 5.17. The van der Waals surface area contributed by atoms with Gasteiger partial charge in [-0.25, -0.2) is 4.79 Å². The van der Waals surface area contributed by atoms with Gasteiger partial charge in [-0.1, -0.05) is 12.1 Å². The molecule has 13 nitrogen and oxygen atoms in total. The van der Waals surface area contributed by atoms with Crippen LogP contribution in [0.15, 0.2) is 24.3 Å². The normalized spacial score (nSPS) is 15.2. The lowest BCUT2D eigenvalue weighted by molar-refractivity contribution is -0.145. The van der Waals surface area contributed by atoms with Crippen LogP contribution in [0.25, 0.3) is 0 Å². The second-order valence-electron chi connectivity index (χ2n) is 8.13. The molecule has 0 radical (unpaired) electrons. The Morgan fingerprint density at radius 3 is 2.03 bits per heavy atom. The molecule has 3 amide bonds. The molecule has 196 valence electrons. The number of unbranched alkanes of at least 4 members (excludes halogenated alkanes) is 1. The molecular weight excluding hydrogens is 462 g/mol. The van der Waals surface area contributed by atoms with Crippen molar-refractivity contribution in [1.82, 2.24) is 16.0 Å². The SMILES string of the molecule is CC(O)C(NC(=O)C(CCCCN)NC(=O)C(CO)NC(=O)C(N)Cc1ccc(O)cc1)C(=O)O. The van der Waals surface area contributed by atoms with Crippen LogP contribution in [0.1, 0.15) is 31.7 Å². The fraction of sp³-hybridized carbons (Fsp3) is 0.545. The van der Waals surface area contributed by atoms with E-state index in [1.54, 1.807) is 12.1 Å². The van der Waals surface area contributed by atoms with E-state index >= 15 is 0 Å². The third-order valence-electron chi connectivity index (χ3n) is 5.17. The number of hydrogen-bond donors (Lipinski definition) is 9. The minimum atomic E-state index is -1.59. The molecule has 0 aromatic heterocycles. The summed E-state index contributed by atoms with van der Waals surface area (Å²) in [6.45, 7) is 0.744. The maximum Gasteiger partial charge on any atom is 0.328 e. The minimum absolute atomic E-state index is 0.0527. The zero-order valence-electron chi connectivity index (χ0n) is 19.5. The summed E-state index contributed by atoms with van der Waals surface area (Å²) in [6.07, 6.45) is -0.227. The first kappa shape index (κ1) is 29.8. The summed E-state index contributed by atoms with van der Waals surface area (Å²) in [6, 6.07) is 0.756. The number of carboxylic acids is 1. The Balaban J connectivity index is 2.83. The van der Waals surface area contributed by atoms with Gasteiger partial charge in [0.05, 0.1) is 18.8 Å². The van der Waals surface area contributed by atoms with Crippen molar-refractivity contribution >= 4 is 23.7 Å². The molecular formula is C22H35N5O8. The number of phenolic OH excluding ortho intramolecular Hbond substituents is 1. The van der Waals surface area contributed by atoms with Crippen LogP contribution in [0.2, 0.25) is 0 Å². The van der Waals surface area contributed by atoms with Crippen molar-refractivity contribution in [2.75, 3.05) is 13.2 Å². The van der Waals surface area contributed by atoms with Crippen LogP contribution in [0.3, 0.4) is 0 Å². The van der Waals surface area contributed by atoms with E-state index in [0.29, 0.717) is 24.9 Å². The van der Waals surface area contributed by atoms with Crippen LogP contribution in [-0.2, 0) is 25.6 Å². The predicted octanol–water partition coefficient (Wildman–Crippen LogP) is -2.70. The van der Waals surface area contributed by atoms with Crippen LogP contribution in [0.4, 0.5) is 0 Å². The second kappa shape index (κ2) is 14.9. The van der Waals surface area contributed by atoms with Gasteiger partial charge < -0.3 is 47.8 Å². The first-order chi connectivity index (χ1) is 16.5. The van der Waals surface area contributed by atoms with Gasteiger partial charge in [0, 0.05) is 0 Å². The number of hydrogen-bond acceptors (Lipinski definition) is 9. The van der Waals surface area contributed by atoms with Gasteiger partial charge >= 0.3 is 5.97 Å². The Hall–Kier alpha value is -3.26. The number of benzene rings is 1. The van der Waals surface area contributed by atoms with E-state index in [-0.39, 0.29) is 18.6 Å². The molecule has 0 aliphatic carbocycles. The fourth-order valence-corrected chi connectivity index (χ4v) is 3.13. The van der Waals surface area contributed by atoms with Crippen LogP contribution < -0.4 is 27.4 Å². The van der Waals surface area contributed by atoms with Crippen molar-refractivity contribution < 1.29 is 39.6 Å². The molecule has 0 saturated carbocycles. The van der Waals surface area contributed by atoms with Crippen LogP contribution in [0.5, 0.6) is 5.75 Å². The minimum Gasteiger partial charge on any atom is -0.508 e. The van der Waals surface area contributed by atoms with Gasteiger partial charge in [0.2, 0.25) is 17.7 Å². The Bertz CT molecular complexity index is 849. The van der Waals surface area contributed by atoms with Crippen LogP contribution in [0, 0.1) is 0 Å². The Labute approximate surface area is 202 Å². The number of carbonyl (C=O) groups is 4. The summed E-state index contributed by atoms with van der Waals surface area (Å²) in [5.41, 5.74) is 12.0. The molecule has 0 spiro atoms. The molecule has 0 bridgehead atoms. The lowest BCUT2D eigenvalue weighted by atomic mass is 10.0. The summed E-state index contributed by atoms with van der Waals surface area (Å²) >= 11 is 0. The average molecular weight is 498 g/mol. The van der Waals surface area contributed by atoms with Gasteiger partial charge in [0.25, 0.3) is 0 Å². The predicted molar refractivity (Wildman–Crippen MR) is 125 cm³/mol. The van der Waals surface area contributed by atoms with E-state index < -0.39 is 60.6 Å². The Kier molecular flexibility index (Phi) is 12.7. The zero-order chi connectivity index (χ0) is 26.5. The average Bonchev–Trinajstić information content (AvgIpc) is 2.80. The number of nitrogens with two attached hydrogens (primary N) is 2. The topological polar surface area (TPSA) is 237 Å². The monoisotopic (exact) mass is 497 g/mol. The summed E-state index contributed by atoms with van der Waals surface area (Å²) in [7, 11) is 0. The smallest absolute Gasteiger partial charge is 0.328 e. The number of aromatic hydroxyl groups is 1. The highest BCUT2D eigenvalue weighted by atomic mass is 16.4. The summed E-state index contributed by atoms with van der Waals surface area (Å²) in [5.74, 6) is -3.86. The summed E-state index contributed by atoms with van der Waals surface area (Å²) in [4.78, 5) is 49.1. The molecule has 0 aliphatic heterocycles. The lowest BCUT2D eigenvalue weighted by Crippen LogP contribution is -2.59. The van der Waals surface area contributed by atoms with Gasteiger partial charge in [0.1, 0.15) is 17.8 Å². The number of carbonyl (C=O) groups excluding carboxylic acids is 3. The van der Waals surface area contributed by atoms with Crippen molar-refractivity contribution in [3.63, 3.8) is 0 Å². The van der Waals surface area contributed by atoms with Gasteiger partial charge in [0.15, 0.2) is 6.04 Å². The highest BCUT2D eigenvalue weighted by Crippen LogP contribution is 2.11. The quantitative estimate of drug-likeness (QED) is 0.114. The second-order valence-corrected chi connectivity index (χ2v) is 8.13. The lowest BCUT2D eigenvalue weighted by Gasteiger charge is -2.25. The summed E-state index contributed by atoms with van der Waals surface area (Å²) in [5, 5.41) is 44.7. The van der Waals surface area contributed by atoms with E-state index in [0.717, 1.165) is 0 Å². The molecule has 1 aromatic rings. The highest BCUT2D eigenvalue weighted by molar-refractivity contribution is 5.94. The standard InChI is InChI=1S/C22H35N5O8/c1-12(29)18(22(34)35)27-20(32)16(4-2-3-9-23)25-21(33)17(11-28)26-19(31)15(24)10-13-5-7-14(30)8-6-13/h5-8,12,15-18,28-30H,2-4,9-11,23-24H2,1H3,(H,25,33)(H,26,31)(H,27,32)(H,34,35). The molecule has 0 heterocycles. The van der Waals surface area contributed by atoms with Crippen molar-refractivity contribution in [1.29, 1.82) is 0 Å². The van der Waals surface area contributed by atoms with E-state index in [4.69, 9.17) is 11.5 Å². The maximum absolute atomic E-state index is 12.7. The number of rotatable bonds is 15. The number of aliphatic hydroxyl groups is 2. The Morgan fingerprint density at radius 2 is 1.51 bits per heavy atom. The molecule has 1 rings (SSSR count). The molecule has 5 unspecified atom stereocenters. The zero-order valence-corrected chi connectivity index (χ0v) is 19.5. The number of nitrogens with one attached hydrogen (secondary N) is 3. The first-order valence-electron chi connectivity index (χ1n) is 11.2. The van der Waals surface area contributed by atoms with Crippen molar-refractivity contribution in [3.05, 3.63) is 29.8 Å². The van der Waals surface area contributed by atoms with E-state index in [1.807, 2.05) is 0 Å². The number of phenols is 1. The highest BCUT2D eigenvalue weighted by Gasteiger charge is 2.31. The number of carboxylic acid groups (broad SMARTS) is 1. The van der Waals surface area contributed by atoms with E-state index in [9.17, 15) is 39.6 Å². The van der Waals surface area contributed by atoms with Crippen molar-refractivity contribution in [3.8, 4) is 5.75 Å². The van der Waals surface area contributed by atoms with E-state index in [2.05, 4.69) is 16.0 Å². The molecule has 0 saturated heterocycles. The first-order valence-corrected chi connectivity index (χ1v) is 11.2. The van der Waals surface area contributed by atoms with Crippen molar-refractivity contribution in [2.45, 2.75) is 62.9 Å². The molecule has 13 heteroatoms. The largest absolute Gasteiger partial charge is 0.508 e. The molecule has 0 fully saturated rings. The number of amides is 3. The number of aliphatic hydroxyl groups excluding tert-OH is 2. The molecule has 11 N–H and O–H groups in total. The number of aliphatic carboxylic acids is 1. The molecule has 35 heavy (non-hydrogen) atoms. The Morgan fingerprint density at radius 1 is 0.943 bits per heavy atom. The van der Waals surface area contributed by atoms with Gasteiger partial charge in [-0.3, -0.25) is 14.4 Å². The maximum atomic E-state index is 12.7. The fourth-order valence-electron chi connectivity index (χ4n) is 3.13. The van der Waals surface area contributed by atoms with Crippen molar-refractivity contribution in [2.24, 2.45) is 11.5 Å². The van der Waals surface area contributed by atoms with Crippen LogP contribution in [-0.4, -0.2) is 87.5 Å². The molecule has 5 atom stereocenters. The molecule has 1 aromatic carbocycles. The van der Waals surface area contributed by atoms with Gasteiger partial charge in [-0.15, -0.1) is 0 Å². The van der Waals surface area contributed by atoms with Gasteiger partial charge in [-0.2, -0.15) is 0 Å². The van der Waals surface area contributed by atoms with Gasteiger partial charge in [-0.05, 0) is 56.8 Å².